The number of carbonyl (C=O) groups excluding carboxylic acids is 3. The van der Waals surface area contributed by atoms with Crippen molar-refractivity contribution in [3.05, 3.63) is 89.5 Å². The smallest absolute Gasteiger partial charge is 0.329 e. The summed E-state index contributed by atoms with van der Waals surface area (Å²) < 4.78 is 5.47. The first kappa shape index (κ1) is 23.7. The minimum absolute atomic E-state index is 0.0548. The molecule has 1 atom stereocenters. The van der Waals surface area contributed by atoms with Gasteiger partial charge in [-0.05, 0) is 25.0 Å². The van der Waals surface area contributed by atoms with Crippen LogP contribution in [0.2, 0.25) is 0 Å². The fourth-order valence-electron chi connectivity index (χ4n) is 3.40. The Bertz CT molecular complexity index is 1060. The molecule has 8 nitrogen and oxygen atoms in total. The van der Waals surface area contributed by atoms with Crippen molar-refractivity contribution in [3.8, 4) is 0 Å². The lowest BCUT2D eigenvalue weighted by atomic mass is 10.1. The number of imidazole rings is 1. The highest BCUT2D eigenvalue weighted by molar-refractivity contribution is 6.05. The SMILES string of the molecule is CCN(CC)C(=O)c1[nH]cnc1C(=O)N[C@@H](Cc1ccccc1)C(=O)OCc1ccccc1. The molecule has 0 aliphatic carbocycles. The predicted octanol–water partition coefficient (Wildman–Crippen LogP) is 2.98. The van der Waals surface area contributed by atoms with Crippen LogP contribution in [0.3, 0.4) is 0 Å². The zero-order valence-corrected chi connectivity index (χ0v) is 18.8. The zero-order valence-electron chi connectivity index (χ0n) is 18.8. The van der Waals surface area contributed by atoms with Crippen molar-refractivity contribution in [2.45, 2.75) is 32.9 Å². The first-order chi connectivity index (χ1) is 16.0. The average molecular weight is 449 g/mol. The van der Waals surface area contributed by atoms with Crippen LogP contribution in [0.5, 0.6) is 0 Å². The van der Waals surface area contributed by atoms with Gasteiger partial charge in [-0.1, -0.05) is 60.7 Å². The second kappa shape index (κ2) is 11.6. The lowest BCUT2D eigenvalue weighted by Gasteiger charge is -2.19. The van der Waals surface area contributed by atoms with E-state index in [0.717, 1.165) is 11.1 Å². The van der Waals surface area contributed by atoms with E-state index in [4.69, 9.17) is 4.74 Å². The zero-order chi connectivity index (χ0) is 23.6. The molecular weight excluding hydrogens is 420 g/mol. The Morgan fingerprint density at radius 2 is 1.58 bits per heavy atom. The van der Waals surface area contributed by atoms with Gasteiger partial charge in [-0.3, -0.25) is 9.59 Å². The molecule has 33 heavy (non-hydrogen) atoms. The van der Waals surface area contributed by atoms with Crippen molar-refractivity contribution in [2.75, 3.05) is 13.1 Å². The first-order valence-corrected chi connectivity index (χ1v) is 10.9. The molecule has 0 saturated carbocycles. The summed E-state index contributed by atoms with van der Waals surface area (Å²) in [6, 6.07) is 17.7. The van der Waals surface area contributed by atoms with Crippen LogP contribution in [0.4, 0.5) is 0 Å². The number of esters is 1. The summed E-state index contributed by atoms with van der Waals surface area (Å²) in [6.07, 6.45) is 1.54. The summed E-state index contributed by atoms with van der Waals surface area (Å²) in [6.45, 7) is 4.80. The van der Waals surface area contributed by atoms with Crippen molar-refractivity contribution < 1.29 is 19.1 Å². The molecule has 1 aromatic heterocycles. The number of benzene rings is 2. The Balaban J connectivity index is 1.77. The minimum atomic E-state index is -0.947. The van der Waals surface area contributed by atoms with E-state index in [9.17, 15) is 14.4 Å². The molecule has 2 N–H and O–H groups in total. The average Bonchev–Trinajstić information content (AvgIpc) is 3.34. The maximum atomic E-state index is 13.0. The Labute approximate surface area is 193 Å². The fourth-order valence-corrected chi connectivity index (χ4v) is 3.40. The van der Waals surface area contributed by atoms with Crippen molar-refractivity contribution in [1.82, 2.24) is 20.2 Å². The lowest BCUT2D eigenvalue weighted by molar-refractivity contribution is -0.147. The van der Waals surface area contributed by atoms with E-state index in [1.807, 2.05) is 74.5 Å². The number of nitrogens with zero attached hydrogens (tertiary/aromatic N) is 2. The third-order valence-corrected chi connectivity index (χ3v) is 5.22. The third kappa shape index (κ3) is 6.29. The van der Waals surface area contributed by atoms with E-state index in [-0.39, 0.29) is 30.3 Å². The van der Waals surface area contributed by atoms with Gasteiger partial charge in [0, 0.05) is 19.5 Å². The van der Waals surface area contributed by atoms with Gasteiger partial charge in [-0.2, -0.15) is 0 Å². The number of aromatic amines is 1. The Hall–Kier alpha value is -3.94. The molecule has 1 heterocycles. The summed E-state index contributed by atoms with van der Waals surface area (Å²) in [5.74, 6) is -1.51. The Morgan fingerprint density at radius 3 is 2.18 bits per heavy atom. The maximum absolute atomic E-state index is 13.0. The molecule has 2 amide bonds. The molecule has 3 aromatic rings. The molecule has 0 radical (unpaired) electrons. The number of hydrogen-bond acceptors (Lipinski definition) is 5. The number of nitrogens with one attached hydrogen (secondary N) is 2. The monoisotopic (exact) mass is 448 g/mol. The largest absolute Gasteiger partial charge is 0.459 e. The van der Waals surface area contributed by atoms with Crippen molar-refractivity contribution in [2.24, 2.45) is 0 Å². The second-order valence-corrected chi connectivity index (χ2v) is 7.41. The van der Waals surface area contributed by atoms with E-state index >= 15 is 0 Å². The third-order valence-electron chi connectivity index (χ3n) is 5.22. The maximum Gasteiger partial charge on any atom is 0.329 e. The number of amides is 2. The van der Waals surface area contributed by atoms with Gasteiger partial charge < -0.3 is 19.9 Å². The summed E-state index contributed by atoms with van der Waals surface area (Å²) >= 11 is 0. The highest BCUT2D eigenvalue weighted by Crippen LogP contribution is 2.11. The van der Waals surface area contributed by atoms with E-state index in [1.54, 1.807) is 4.90 Å². The van der Waals surface area contributed by atoms with Gasteiger partial charge in [-0.25, -0.2) is 9.78 Å². The van der Waals surface area contributed by atoms with E-state index in [2.05, 4.69) is 15.3 Å². The molecule has 0 spiro atoms. The van der Waals surface area contributed by atoms with Gasteiger partial charge in [-0.15, -0.1) is 0 Å². The highest BCUT2D eigenvalue weighted by atomic mass is 16.5. The molecular formula is C25H28N4O4. The van der Waals surface area contributed by atoms with Crippen LogP contribution in [0.25, 0.3) is 0 Å². The topological polar surface area (TPSA) is 104 Å². The molecule has 0 aliphatic rings. The molecule has 3 rings (SSSR count). The summed E-state index contributed by atoms with van der Waals surface area (Å²) in [5, 5.41) is 2.71. The van der Waals surface area contributed by atoms with Crippen LogP contribution in [-0.2, 0) is 22.6 Å². The Morgan fingerprint density at radius 1 is 0.970 bits per heavy atom. The van der Waals surface area contributed by atoms with Crippen LogP contribution in [-0.4, -0.2) is 51.8 Å². The first-order valence-electron chi connectivity index (χ1n) is 10.9. The van der Waals surface area contributed by atoms with Crippen LogP contribution in [0.1, 0.15) is 46.0 Å². The van der Waals surface area contributed by atoms with Gasteiger partial charge >= 0.3 is 5.97 Å². The van der Waals surface area contributed by atoms with Crippen LogP contribution in [0, 0.1) is 0 Å². The predicted molar refractivity (Wildman–Crippen MR) is 123 cm³/mol. The molecule has 0 bridgehead atoms. The molecule has 0 saturated heterocycles. The molecule has 0 aliphatic heterocycles. The van der Waals surface area contributed by atoms with E-state index < -0.39 is 17.9 Å². The van der Waals surface area contributed by atoms with Gasteiger partial charge in [0.25, 0.3) is 11.8 Å². The van der Waals surface area contributed by atoms with Gasteiger partial charge in [0.2, 0.25) is 0 Å². The number of hydrogen-bond donors (Lipinski definition) is 2. The van der Waals surface area contributed by atoms with Crippen LogP contribution < -0.4 is 5.32 Å². The van der Waals surface area contributed by atoms with Crippen molar-refractivity contribution in [1.29, 1.82) is 0 Å². The number of H-pyrrole nitrogens is 1. The lowest BCUT2D eigenvalue weighted by Crippen LogP contribution is -2.44. The molecule has 0 fully saturated rings. The molecule has 172 valence electrons. The number of aromatic nitrogens is 2. The number of ether oxygens (including phenoxy) is 1. The fraction of sp³-hybridized carbons (Fsp3) is 0.280. The van der Waals surface area contributed by atoms with Gasteiger partial charge in [0.1, 0.15) is 18.3 Å². The van der Waals surface area contributed by atoms with Crippen LogP contribution in [0.15, 0.2) is 67.0 Å². The summed E-state index contributed by atoms with van der Waals surface area (Å²) in [7, 11) is 0. The molecule has 2 aromatic carbocycles. The van der Waals surface area contributed by atoms with Gasteiger partial charge in [0.05, 0.1) is 6.33 Å². The Kier molecular flexibility index (Phi) is 8.35. The van der Waals surface area contributed by atoms with Crippen molar-refractivity contribution in [3.63, 3.8) is 0 Å². The molecule has 8 heteroatoms. The minimum Gasteiger partial charge on any atom is -0.459 e. The molecule has 0 unspecified atom stereocenters. The standard InChI is InChI=1S/C25H28N4O4/c1-3-29(4-2)24(31)22-21(26-17-27-22)23(30)28-20(15-18-11-7-5-8-12-18)25(32)33-16-19-13-9-6-10-14-19/h5-14,17,20H,3-4,15-16H2,1-2H3,(H,26,27)(H,28,30)/t20-/m0/s1. The van der Waals surface area contributed by atoms with E-state index in [0.29, 0.717) is 13.1 Å². The normalized spacial score (nSPS) is 11.5. The number of rotatable bonds is 10. The summed E-state index contributed by atoms with van der Waals surface area (Å²) in [5.41, 5.74) is 1.74. The van der Waals surface area contributed by atoms with Crippen LogP contribution >= 0.6 is 0 Å². The quantitative estimate of drug-likeness (QED) is 0.464. The van der Waals surface area contributed by atoms with Crippen molar-refractivity contribution >= 4 is 17.8 Å². The number of carbonyl (C=O) groups is 3. The van der Waals surface area contributed by atoms with E-state index in [1.165, 1.54) is 6.33 Å². The second-order valence-electron chi connectivity index (χ2n) is 7.41. The van der Waals surface area contributed by atoms with Gasteiger partial charge in [0.15, 0.2) is 5.69 Å². The summed E-state index contributed by atoms with van der Waals surface area (Å²) in [4.78, 5) is 47.1. The highest BCUT2D eigenvalue weighted by Gasteiger charge is 2.28.